The number of carbonyl (C=O) groups is 3. The van der Waals surface area contributed by atoms with E-state index in [0.717, 1.165) is 12.8 Å². The predicted molar refractivity (Wildman–Crippen MR) is 157 cm³/mol. The lowest BCUT2D eigenvalue weighted by Crippen LogP contribution is -2.46. The lowest BCUT2D eigenvalue weighted by molar-refractivity contribution is -0.127. The summed E-state index contributed by atoms with van der Waals surface area (Å²) in [4.78, 5) is 41.9. The molecule has 1 aromatic heterocycles. The molecule has 1 saturated heterocycles. The number of rotatable bonds is 11. The first-order valence-corrected chi connectivity index (χ1v) is 13.8. The molecule has 0 aliphatic carbocycles. The van der Waals surface area contributed by atoms with E-state index in [1.807, 2.05) is 18.2 Å². The second-order valence-corrected chi connectivity index (χ2v) is 9.94. The van der Waals surface area contributed by atoms with E-state index in [-0.39, 0.29) is 12.6 Å². The summed E-state index contributed by atoms with van der Waals surface area (Å²) >= 11 is 0. The predicted octanol–water partition coefficient (Wildman–Crippen LogP) is 3.30. The highest BCUT2D eigenvalue weighted by molar-refractivity contribution is 6.02. The maximum atomic E-state index is 14.3. The van der Waals surface area contributed by atoms with Crippen LogP contribution in [0.5, 0.6) is 11.5 Å². The molecular weight excluding hydrogens is 554 g/mol. The molecule has 4 aromatic rings. The van der Waals surface area contributed by atoms with Crippen molar-refractivity contribution in [3.63, 3.8) is 0 Å². The summed E-state index contributed by atoms with van der Waals surface area (Å²) in [5, 5.41) is 11.3. The number of hydrogen-bond donors (Lipinski definition) is 1. The molecule has 2 heterocycles. The van der Waals surface area contributed by atoms with Gasteiger partial charge in [-0.25, -0.2) is 9.48 Å². The number of methoxy groups -OCH3 is 3. The van der Waals surface area contributed by atoms with Crippen molar-refractivity contribution in [2.45, 2.75) is 31.5 Å². The first-order chi connectivity index (χ1) is 20.9. The van der Waals surface area contributed by atoms with Gasteiger partial charge in [-0.3, -0.25) is 14.5 Å². The highest BCUT2D eigenvalue weighted by Crippen LogP contribution is 2.35. The van der Waals surface area contributed by atoms with Crippen LogP contribution in [0.4, 0.5) is 5.69 Å². The molecule has 1 aliphatic rings. The molecule has 2 unspecified atom stereocenters. The smallest absolute Gasteiger partial charge is 0.337 e. The zero-order valence-corrected chi connectivity index (χ0v) is 24.2. The average Bonchev–Trinajstić information content (AvgIpc) is 3.72. The maximum absolute atomic E-state index is 14.3. The van der Waals surface area contributed by atoms with Crippen LogP contribution < -0.4 is 19.7 Å². The molecule has 1 fully saturated rings. The van der Waals surface area contributed by atoms with E-state index in [2.05, 4.69) is 15.6 Å². The van der Waals surface area contributed by atoms with E-state index in [1.54, 1.807) is 48.5 Å². The summed E-state index contributed by atoms with van der Waals surface area (Å²) in [5.41, 5.74) is 2.47. The molecule has 5 rings (SSSR count). The number of ether oxygens (including phenoxy) is 4. The highest BCUT2D eigenvalue weighted by atomic mass is 16.5. The van der Waals surface area contributed by atoms with E-state index in [0.29, 0.717) is 52.5 Å². The summed E-state index contributed by atoms with van der Waals surface area (Å²) in [6.07, 6.45) is 1.64. The summed E-state index contributed by atoms with van der Waals surface area (Å²) in [7, 11) is 4.31. The number of fused-ring (bicyclic) bond motifs is 1. The van der Waals surface area contributed by atoms with E-state index in [9.17, 15) is 14.4 Å². The number of nitrogens with zero attached hydrogens (tertiary/aromatic N) is 4. The van der Waals surface area contributed by atoms with Gasteiger partial charge in [0, 0.05) is 18.8 Å². The SMILES string of the molecule is COC(=O)c1ccc(N(C(=O)Cn2nnc3ccccc32)C(C(=O)NCC2CCCO2)c2ccc(OC)c(OC)c2)cc1. The molecule has 3 aromatic carbocycles. The standard InChI is InChI=1S/C31H33N5O7/c1-40-26-15-12-21(17-27(26)41-2)29(30(38)32-18-23-7-6-16-43-23)36(22-13-10-20(11-14-22)31(39)42-3)28(37)19-35-25-9-5-4-8-24(25)33-34-35/h4-5,8-15,17,23,29H,6-7,16,18-19H2,1-3H3,(H,32,38). The van der Waals surface area contributed by atoms with Gasteiger partial charge in [-0.15, -0.1) is 5.10 Å². The lowest BCUT2D eigenvalue weighted by atomic mass is 10.0. The molecule has 43 heavy (non-hydrogen) atoms. The van der Waals surface area contributed by atoms with Gasteiger partial charge in [-0.2, -0.15) is 0 Å². The minimum Gasteiger partial charge on any atom is -0.493 e. The van der Waals surface area contributed by atoms with E-state index < -0.39 is 23.8 Å². The number of carbonyl (C=O) groups excluding carboxylic acids is 3. The second kappa shape index (κ2) is 13.3. The molecule has 12 heteroatoms. The van der Waals surface area contributed by atoms with Crippen molar-refractivity contribution in [2.75, 3.05) is 39.4 Å². The molecule has 0 spiro atoms. The monoisotopic (exact) mass is 587 g/mol. The number of amides is 2. The first kappa shape index (κ1) is 29.5. The third-order valence-electron chi connectivity index (χ3n) is 7.30. The number of para-hydroxylation sites is 1. The van der Waals surface area contributed by atoms with Crippen molar-refractivity contribution in [3.8, 4) is 11.5 Å². The van der Waals surface area contributed by atoms with Gasteiger partial charge in [0.2, 0.25) is 11.8 Å². The molecule has 0 saturated carbocycles. The average molecular weight is 588 g/mol. The van der Waals surface area contributed by atoms with Crippen molar-refractivity contribution in [2.24, 2.45) is 0 Å². The van der Waals surface area contributed by atoms with Gasteiger partial charge in [0.1, 0.15) is 18.1 Å². The van der Waals surface area contributed by atoms with Crippen LogP contribution in [0.2, 0.25) is 0 Å². The Hall–Kier alpha value is -4.97. The minimum atomic E-state index is -1.13. The van der Waals surface area contributed by atoms with E-state index in [4.69, 9.17) is 18.9 Å². The largest absolute Gasteiger partial charge is 0.493 e. The van der Waals surface area contributed by atoms with Crippen molar-refractivity contribution in [1.82, 2.24) is 20.3 Å². The zero-order valence-electron chi connectivity index (χ0n) is 24.2. The number of benzene rings is 3. The number of aromatic nitrogens is 3. The summed E-state index contributed by atoms with van der Waals surface area (Å²) in [6.45, 7) is 0.727. The molecule has 12 nitrogen and oxygen atoms in total. The third kappa shape index (κ3) is 6.44. The number of hydrogen-bond acceptors (Lipinski definition) is 9. The number of esters is 1. The third-order valence-corrected chi connectivity index (χ3v) is 7.30. The Labute approximate surface area is 248 Å². The lowest BCUT2D eigenvalue weighted by Gasteiger charge is -2.32. The maximum Gasteiger partial charge on any atom is 0.337 e. The molecule has 0 bridgehead atoms. The van der Waals surface area contributed by atoms with Crippen molar-refractivity contribution < 1.29 is 33.3 Å². The van der Waals surface area contributed by atoms with Gasteiger partial charge in [0.05, 0.1) is 38.5 Å². The molecule has 1 N–H and O–H groups in total. The van der Waals surface area contributed by atoms with Gasteiger partial charge in [-0.1, -0.05) is 23.4 Å². The molecule has 224 valence electrons. The van der Waals surface area contributed by atoms with Crippen LogP contribution >= 0.6 is 0 Å². The van der Waals surface area contributed by atoms with Crippen LogP contribution in [0.3, 0.4) is 0 Å². The van der Waals surface area contributed by atoms with Gasteiger partial charge in [-0.05, 0) is 66.9 Å². The van der Waals surface area contributed by atoms with Gasteiger partial charge < -0.3 is 24.3 Å². The molecular formula is C31H33N5O7. The van der Waals surface area contributed by atoms with Gasteiger partial charge >= 0.3 is 5.97 Å². The molecule has 0 radical (unpaired) electrons. The molecule has 2 atom stereocenters. The van der Waals surface area contributed by atoms with Gasteiger partial charge in [0.15, 0.2) is 11.5 Å². The Morgan fingerprint density at radius 2 is 1.79 bits per heavy atom. The molecule has 2 amide bonds. The van der Waals surface area contributed by atoms with E-state index >= 15 is 0 Å². The van der Waals surface area contributed by atoms with Crippen molar-refractivity contribution in [3.05, 3.63) is 77.9 Å². The highest BCUT2D eigenvalue weighted by Gasteiger charge is 2.34. The Morgan fingerprint density at radius 3 is 2.49 bits per heavy atom. The van der Waals surface area contributed by atoms with E-state index in [1.165, 1.54) is 30.9 Å². The fourth-order valence-corrected chi connectivity index (χ4v) is 5.11. The quantitative estimate of drug-likeness (QED) is 0.262. The fraction of sp³-hybridized carbons (Fsp3) is 0.323. The number of anilines is 1. The van der Waals surface area contributed by atoms with Crippen LogP contribution in [0.1, 0.15) is 34.8 Å². The Morgan fingerprint density at radius 1 is 1.02 bits per heavy atom. The normalized spacial score (nSPS) is 15.1. The van der Waals surface area contributed by atoms with Crippen LogP contribution in [0.15, 0.2) is 66.7 Å². The Kier molecular flexibility index (Phi) is 9.16. The van der Waals surface area contributed by atoms with Crippen molar-refractivity contribution in [1.29, 1.82) is 0 Å². The van der Waals surface area contributed by atoms with Crippen LogP contribution in [-0.2, 0) is 25.6 Å². The van der Waals surface area contributed by atoms with Crippen LogP contribution in [0, 0.1) is 0 Å². The first-order valence-electron chi connectivity index (χ1n) is 13.8. The zero-order chi connectivity index (χ0) is 30.3. The second-order valence-electron chi connectivity index (χ2n) is 9.94. The van der Waals surface area contributed by atoms with Gasteiger partial charge in [0.25, 0.3) is 0 Å². The topological polar surface area (TPSA) is 134 Å². The number of nitrogens with one attached hydrogen (secondary N) is 1. The summed E-state index contributed by atoms with van der Waals surface area (Å²) in [5.74, 6) is -0.513. The molecule has 1 aliphatic heterocycles. The van der Waals surface area contributed by atoms with Crippen molar-refractivity contribution >= 4 is 34.5 Å². The summed E-state index contributed by atoms with van der Waals surface area (Å²) < 4.78 is 23.0. The Bertz CT molecular complexity index is 1600. The minimum absolute atomic E-state index is 0.111. The van der Waals surface area contributed by atoms with Crippen LogP contribution in [-0.4, -0.2) is 73.4 Å². The Balaban J connectivity index is 1.59. The van der Waals surface area contributed by atoms with Crippen LogP contribution in [0.25, 0.3) is 11.0 Å². The summed E-state index contributed by atoms with van der Waals surface area (Å²) in [6, 6.07) is 17.5. The fourth-order valence-electron chi connectivity index (χ4n) is 5.11.